The first-order valence-corrected chi connectivity index (χ1v) is 7.92. The first-order valence-electron chi connectivity index (χ1n) is 6.66. The summed E-state index contributed by atoms with van der Waals surface area (Å²) in [5, 5.41) is 2.63. The van der Waals surface area contributed by atoms with Gasteiger partial charge in [-0.25, -0.2) is 0 Å². The minimum atomic E-state index is -4.44. The third kappa shape index (κ3) is 5.18. The number of thioether (sulfide) groups is 1. The van der Waals surface area contributed by atoms with Gasteiger partial charge in [0.25, 0.3) is 0 Å². The molecule has 0 aliphatic heterocycles. The molecule has 2 rings (SSSR count). The summed E-state index contributed by atoms with van der Waals surface area (Å²) in [7, 11) is 0. The van der Waals surface area contributed by atoms with Crippen LogP contribution in [-0.4, -0.2) is 11.2 Å². The third-order valence-corrected chi connectivity index (χ3v) is 4.32. The van der Waals surface area contributed by atoms with Crippen molar-refractivity contribution in [2.45, 2.75) is 23.2 Å². The summed E-state index contributed by atoms with van der Waals surface area (Å²) in [6.07, 6.45) is -4.44. The van der Waals surface area contributed by atoms with Crippen molar-refractivity contribution in [2.24, 2.45) is 0 Å². The van der Waals surface area contributed by atoms with E-state index in [-0.39, 0.29) is 11.6 Å². The highest BCUT2D eigenvalue weighted by Crippen LogP contribution is 2.31. The average Bonchev–Trinajstić information content (AvgIpc) is 2.49. The largest absolute Gasteiger partial charge is 0.416 e. The van der Waals surface area contributed by atoms with E-state index in [1.165, 1.54) is 23.9 Å². The first kappa shape index (κ1) is 17.7. The van der Waals surface area contributed by atoms with Gasteiger partial charge in [0.2, 0.25) is 5.91 Å². The fraction of sp³-hybridized carbons (Fsp3) is 0.188. The SMILES string of the molecule is CC(Sc1ccc(Cl)cc1)C(=O)Nc1cccc(C(F)(F)F)c1. The van der Waals surface area contributed by atoms with Crippen LogP contribution in [0.15, 0.2) is 53.4 Å². The predicted molar refractivity (Wildman–Crippen MR) is 86.8 cm³/mol. The summed E-state index contributed by atoms with van der Waals surface area (Å²) in [5.41, 5.74) is -0.679. The molecular formula is C16H13ClF3NOS. The number of carbonyl (C=O) groups excluding carboxylic acids is 1. The van der Waals surface area contributed by atoms with Crippen LogP contribution < -0.4 is 5.32 Å². The molecule has 1 atom stereocenters. The van der Waals surface area contributed by atoms with E-state index in [2.05, 4.69) is 5.32 Å². The van der Waals surface area contributed by atoms with Gasteiger partial charge in [0.15, 0.2) is 0 Å². The maximum Gasteiger partial charge on any atom is 0.416 e. The molecular weight excluding hydrogens is 347 g/mol. The van der Waals surface area contributed by atoms with E-state index in [1.807, 2.05) is 0 Å². The maximum atomic E-state index is 12.7. The first-order chi connectivity index (χ1) is 10.8. The van der Waals surface area contributed by atoms with Gasteiger partial charge in [-0.1, -0.05) is 17.7 Å². The van der Waals surface area contributed by atoms with Crippen molar-refractivity contribution in [3.8, 4) is 0 Å². The molecule has 2 nitrogen and oxygen atoms in total. The molecule has 7 heteroatoms. The molecule has 0 aromatic heterocycles. The Morgan fingerprint density at radius 1 is 1.17 bits per heavy atom. The van der Waals surface area contributed by atoms with E-state index in [0.717, 1.165) is 17.0 Å². The molecule has 23 heavy (non-hydrogen) atoms. The molecule has 0 spiro atoms. The molecule has 0 fully saturated rings. The molecule has 2 aromatic rings. The van der Waals surface area contributed by atoms with E-state index in [9.17, 15) is 18.0 Å². The Morgan fingerprint density at radius 3 is 2.43 bits per heavy atom. The van der Waals surface area contributed by atoms with E-state index < -0.39 is 17.0 Å². The number of benzene rings is 2. The van der Waals surface area contributed by atoms with Gasteiger partial charge in [0.1, 0.15) is 0 Å². The minimum absolute atomic E-state index is 0.119. The molecule has 0 heterocycles. The third-order valence-electron chi connectivity index (χ3n) is 2.95. The zero-order valence-electron chi connectivity index (χ0n) is 12.0. The molecule has 1 unspecified atom stereocenters. The number of rotatable bonds is 4. The van der Waals surface area contributed by atoms with Crippen LogP contribution in [0.1, 0.15) is 12.5 Å². The lowest BCUT2D eigenvalue weighted by Crippen LogP contribution is -2.22. The number of halogens is 4. The Bertz CT molecular complexity index is 688. The fourth-order valence-corrected chi connectivity index (χ4v) is 2.78. The summed E-state index contributed by atoms with van der Waals surface area (Å²) in [4.78, 5) is 13.0. The number of anilines is 1. The molecule has 1 amide bonds. The van der Waals surface area contributed by atoms with Crippen LogP contribution >= 0.6 is 23.4 Å². The van der Waals surface area contributed by atoms with Crippen LogP contribution in [-0.2, 0) is 11.0 Å². The second kappa shape index (κ2) is 7.27. The van der Waals surface area contributed by atoms with Crippen LogP contribution in [0.2, 0.25) is 5.02 Å². The molecule has 122 valence electrons. The minimum Gasteiger partial charge on any atom is -0.325 e. The molecule has 2 aromatic carbocycles. The summed E-state index contributed by atoms with van der Waals surface area (Å²) in [6, 6.07) is 11.5. The molecule has 0 aliphatic carbocycles. The van der Waals surface area contributed by atoms with Gasteiger partial charge >= 0.3 is 6.18 Å². The summed E-state index contributed by atoms with van der Waals surface area (Å²) in [6.45, 7) is 1.68. The molecule has 0 bridgehead atoms. The van der Waals surface area contributed by atoms with Gasteiger partial charge < -0.3 is 5.32 Å². The van der Waals surface area contributed by atoms with Crippen molar-refractivity contribution in [3.63, 3.8) is 0 Å². The normalized spacial score (nSPS) is 12.7. The molecule has 0 saturated carbocycles. The van der Waals surface area contributed by atoms with Gasteiger partial charge in [-0.2, -0.15) is 13.2 Å². The van der Waals surface area contributed by atoms with Crippen molar-refractivity contribution in [1.29, 1.82) is 0 Å². The average molecular weight is 360 g/mol. The zero-order valence-corrected chi connectivity index (χ0v) is 13.6. The highest BCUT2D eigenvalue weighted by molar-refractivity contribution is 8.00. The van der Waals surface area contributed by atoms with Gasteiger partial charge in [-0.05, 0) is 49.4 Å². The summed E-state index contributed by atoms with van der Waals surface area (Å²) < 4.78 is 38.0. The van der Waals surface area contributed by atoms with E-state index in [0.29, 0.717) is 5.02 Å². The van der Waals surface area contributed by atoms with Crippen molar-refractivity contribution in [2.75, 3.05) is 5.32 Å². The lowest BCUT2D eigenvalue weighted by Gasteiger charge is -2.13. The molecule has 0 aliphatic rings. The van der Waals surface area contributed by atoms with Gasteiger partial charge in [0.05, 0.1) is 10.8 Å². The maximum absolute atomic E-state index is 12.7. The van der Waals surface area contributed by atoms with Crippen molar-refractivity contribution < 1.29 is 18.0 Å². The van der Waals surface area contributed by atoms with E-state index in [4.69, 9.17) is 11.6 Å². The highest BCUT2D eigenvalue weighted by atomic mass is 35.5. The summed E-state index contributed by atoms with van der Waals surface area (Å²) in [5.74, 6) is -0.371. The van der Waals surface area contributed by atoms with Crippen LogP contribution in [0, 0.1) is 0 Å². The Balaban J connectivity index is 2.02. The smallest absolute Gasteiger partial charge is 0.325 e. The second-order valence-corrected chi connectivity index (χ2v) is 6.63. The van der Waals surface area contributed by atoms with E-state index >= 15 is 0 Å². The lowest BCUT2D eigenvalue weighted by atomic mass is 10.2. The number of hydrogen-bond donors (Lipinski definition) is 1. The standard InChI is InChI=1S/C16H13ClF3NOS/c1-10(23-14-7-5-12(17)6-8-14)15(22)21-13-4-2-3-11(9-13)16(18,19)20/h2-10H,1H3,(H,21,22). The Labute approximate surface area is 141 Å². The number of carbonyl (C=O) groups is 1. The lowest BCUT2D eigenvalue weighted by molar-refractivity contribution is -0.137. The van der Waals surface area contributed by atoms with Gasteiger partial charge in [0, 0.05) is 15.6 Å². The Morgan fingerprint density at radius 2 is 1.83 bits per heavy atom. The van der Waals surface area contributed by atoms with Crippen LogP contribution in [0.3, 0.4) is 0 Å². The van der Waals surface area contributed by atoms with Crippen molar-refractivity contribution >= 4 is 35.0 Å². The number of amides is 1. The topological polar surface area (TPSA) is 29.1 Å². The molecule has 0 saturated heterocycles. The van der Waals surface area contributed by atoms with Crippen molar-refractivity contribution in [3.05, 3.63) is 59.1 Å². The van der Waals surface area contributed by atoms with Crippen molar-refractivity contribution in [1.82, 2.24) is 0 Å². The predicted octanol–water partition coefficient (Wildman–Crippen LogP) is 5.48. The van der Waals surface area contributed by atoms with Crippen LogP contribution in [0.5, 0.6) is 0 Å². The highest BCUT2D eigenvalue weighted by Gasteiger charge is 2.30. The van der Waals surface area contributed by atoms with E-state index in [1.54, 1.807) is 31.2 Å². The Kier molecular flexibility index (Phi) is 5.59. The van der Waals surface area contributed by atoms with Crippen LogP contribution in [0.25, 0.3) is 0 Å². The zero-order chi connectivity index (χ0) is 17.0. The molecule has 0 radical (unpaired) electrons. The van der Waals surface area contributed by atoms with Gasteiger partial charge in [-0.15, -0.1) is 11.8 Å². The number of alkyl halides is 3. The monoisotopic (exact) mass is 359 g/mol. The number of nitrogens with one attached hydrogen (secondary N) is 1. The summed E-state index contributed by atoms with van der Waals surface area (Å²) >= 11 is 7.09. The van der Waals surface area contributed by atoms with Gasteiger partial charge in [-0.3, -0.25) is 4.79 Å². The quantitative estimate of drug-likeness (QED) is 0.732. The fourth-order valence-electron chi connectivity index (χ4n) is 1.79. The number of hydrogen-bond acceptors (Lipinski definition) is 2. The van der Waals surface area contributed by atoms with Crippen LogP contribution in [0.4, 0.5) is 18.9 Å². The molecule has 1 N–H and O–H groups in total. The second-order valence-electron chi connectivity index (χ2n) is 4.78. The Hall–Kier alpha value is -1.66.